The van der Waals surface area contributed by atoms with E-state index in [4.69, 9.17) is 5.73 Å². The number of hydrogen-bond acceptors (Lipinski definition) is 4. The molecule has 2 N–H and O–H groups in total. The zero-order chi connectivity index (χ0) is 14.8. The summed E-state index contributed by atoms with van der Waals surface area (Å²) in [6.45, 7) is 8.10. The topological polar surface area (TPSA) is 45.4 Å². The van der Waals surface area contributed by atoms with Gasteiger partial charge >= 0.3 is 0 Å². The predicted molar refractivity (Wildman–Crippen MR) is 89.0 cm³/mol. The molecule has 0 bridgehead atoms. The fraction of sp³-hybridized carbons (Fsp3) is 0.353. The second-order valence-corrected chi connectivity index (χ2v) is 5.71. The Labute approximate surface area is 126 Å². The second-order valence-electron chi connectivity index (χ2n) is 5.71. The van der Waals surface area contributed by atoms with Gasteiger partial charge in [-0.05, 0) is 37.1 Å². The minimum atomic E-state index is 0.820. The highest BCUT2D eigenvalue weighted by atomic mass is 15.3. The maximum absolute atomic E-state index is 5.99. The molecule has 21 heavy (non-hydrogen) atoms. The molecule has 2 heterocycles. The number of hydrogen-bond donors (Lipinski definition) is 1. The van der Waals surface area contributed by atoms with Crippen LogP contribution in [0.2, 0.25) is 0 Å². The third-order valence-corrected chi connectivity index (χ3v) is 4.10. The molecular weight excluding hydrogens is 260 g/mol. The zero-order valence-corrected chi connectivity index (χ0v) is 12.7. The SMILES string of the molecule is Cc1cccc(N2CCN(c3cc(N)c(C)cn3)CC2)c1. The molecule has 2 aromatic rings. The minimum Gasteiger partial charge on any atom is -0.398 e. The Morgan fingerprint density at radius 3 is 2.38 bits per heavy atom. The number of nitrogen functional groups attached to an aromatic ring is 1. The maximum Gasteiger partial charge on any atom is 0.130 e. The van der Waals surface area contributed by atoms with Gasteiger partial charge in [0.15, 0.2) is 0 Å². The van der Waals surface area contributed by atoms with Gasteiger partial charge in [-0.3, -0.25) is 0 Å². The van der Waals surface area contributed by atoms with Crippen LogP contribution in [0.3, 0.4) is 0 Å². The lowest BCUT2D eigenvalue weighted by atomic mass is 10.2. The summed E-state index contributed by atoms with van der Waals surface area (Å²) in [5.74, 6) is 0.988. The average molecular weight is 282 g/mol. The molecule has 1 aromatic heterocycles. The Hall–Kier alpha value is -2.23. The van der Waals surface area contributed by atoms with E-state index in [9.17, 15) is 0 Å². The van der Waals surface area contributed by atoms with Crippen molar-refractivity contribution < 1.29 is 0 Å². The van der Waals surface area contributed by atoms with Crippen LogP contribution < -0.4 is 15.5 Å². The van der Waals surface area contributed by atoms with Crippen molar-refractivity contribution in [3.63, 3.8) is 0 Å². The molecule has 1 aliphatic rings. The Balaban J connectivity index is 1.68. The molecule has 0 spiro atoms. The number of pyridine rings is 1. The van der Waals surface area contributed by atoms with Gasteiger partial charge in [0.2, 0.25) is 0 Å². The van der Waals surface area contributed by atoms with Crippen LogP contribution in [0.25, 0.3) is 0 Å². The van der Waals surface area contributed by atoms with Crippen molar-refractivity contribution in [2.24, 2.45) is 0 Å². The number of benzene rings is 1. The van der Waals surface area contributed by atoms with Gasteiger partial charge in [0, 0.05) is 49.8 Å². The second kappa shape index (κ2) is 5.64. The maximum atomic E-state index is 5.99. The van der Waals surface area contributed by atoms with Gasteiger partial charge < -0.3 is 15.5 Å². The molecule has 0 saturated carbocycles. The number of rotatable bonds is 2. The highest BCUT2D eigenvalue weighted by Crippen LogP contribution is 2.22. The van der Waals surface area contributed by atoms with Crippen LogP contribution in [0.1, 0.15) is 11.1 Å². The molecule has 3 rings (SSSR count). The van der Waals surface area contributed by atoms with E-state index in [0.717, 1.165) is 43.2 Å². The molecule has 0 amide bonds. The zero-order valence-electron chi connectivity index (χ0n) is 12.7. The molecule has 0 unspecified atom stereocenters. The number of nitrogens with zero attached hydrogens (tertiary/aromatic N) is 3. The number of nitrogens with two attached hydrogens (primary N) is 1. The van der Waals surface area contributed by atoms with Crippen molar-refractivity contribution in [1.82, 2.24) is 4.98 Å². The molecule has 4 nitrogen and oxygen atoms in total. The van der Waals surface area contributed by atoms with E-state index in [1.165, 1.54) is 11.3 Å². The Kier molecular flexibility index (Phi) is 3.69. The predicted octanol–water partition coefficient (Wildman–Crippen LogP) is 2.61. The van der Waals surface area contributed by atoms with Gasteiger partial charge in [0.05, 0.1) is 0 Å². The highest BCUT2D eigenvalue weighted by molar-refractivity contribution is 5.56. The molecule has 1 fully saturated rings. The lowest BCUT2D eigenvalue weighted by Crippen LogP contribution is -2.46. The quantitative estimate of drug-likeness (QED) is 0.919. The first-order valence-electron chi connectivity index (χ1n) is 7.42. The standard InChI is InChI=1S/C17H22N4/c1-13-4-3-5-15(10-13)20-6-8-21(9-7-20)17-11-16(18)14(2)12-19-17/h3-5,10-12H,6-9H2,1-2H3,(H2,18,19). The largest absolute Gasteiger partial charge is 0.398 e. The monoisotopic (exact) mass is 282 g/mol. The number of anilines is 3. The average Bonchev–Trinajstić information content (AvgIpc) is 2.50. The number of piperazine rings is 1. The van der Waals surface area contributed by atoms with Gasteiger partial charge in [-0.2, -0.15) is 0 Å². The van der Waals surface area contributed by atoms with Crippen LogP contribution in [-0.2, 0) is 0 Å². The van der Waals surface area contributed by atoms with Gasteiger partial charge in [0.25, 0.3) is 0 Å². The van der Waals surface area contributed by atoms with Crippen molar-refractivity contribution in [3.8, 4) is 0 Å². The van der Waals surface area contributed by atoms with E-state index in [1.54, 1.807) is 0 Å². The molecule has 1 saturated heterocycles. The molecule has 0 atom stereocenters. The van der Waals surface area contributed by atoms with Crippen molar-refractivity contribution in [3.05, 3.63) is 47.7 Å². The molecule has 1 aliphatic heterocycles. The van der Waals surface area contributed by atoms with Crippen LogP contribution in [0.5, 0.6) is 0 Å². The summed E-state index contributed by atoms with van der Waals surface area (Å²) in [7, 11) is 0. The van der Waals surface area contributed by atoms with Crippen LogP contribution in [0.15, 0.2) is 36.5 Å². The minimum absolute atomic E-state index is 0.820. The third kappa shape index (κ3) is 2.94. The van der Waals surface area contributed by atoms with Crippen molar-refractivity contribution >= 4 is 17.2 Å². The molecular formula is C17H22N4. The summed E-state index contributed by atoms with van der Waals surface area (Å²) in [5.41, 5.74) is 10.5. The Morgan fingerprint density at radius 2 is 1.71 bits per heavy atom. The molecule has 110 valence electrons. The number of aryl methyl sites for hydroxylation is 2. The van der Waals surface area contributed by atoms with E-state index in [0.29, 0.717) is 0 Å². The van der Waals surface area contributed by atoms with Crippen molar-refractivity contribution in [2.75, 3.05) is 41.7 Å². The smallest absolute Gasteiger partial charge is 0.130 e. The molecule has 0 radical (unpaired) electrons. The summed E-state index contributed by atoms with van der Waals surface area (Å²) in [6.07, 6.45) is 1.86. The van der Waals surface area contributed by atoms with Gasteiger partial charge in [0.1, 0.15) is 5.82 Å². The van der Waals surface area contributed by atoms with E-state index in [1.807, 2.05) is 19.2 Å². The molecule has 0 aliphatic carbocycles. The Bertz CT molecular complexity index is 630. The number of aromatic nitrogens is 1. The lowest BCUT2D eigenvalue weighted by molar-refractivity contribution is 0.647. The summed E-state index contributed by atoms with van der Waals surface area (Å²) in [4.78, 5) is 9.24. The van der Waals surface area contributed by atoms with Crippen LogP contribution in [0.4, 0.5) is 17.2 Å². The van der Waals surface area contributed by atoms with Gasteiger partial charge in [-0.25, -0.2) is 4.98 Å². The van der Waals surface area contributed by atoms with E-state index in [2.05, 4.69) is 46.0 Å². The van der Waals surface area contributed by atoms with Crippen molar-refractivity contribution in [1.29, 1.82) is 0 Å². The lowest BCUT2D eigenvalue weighted by Gasteiger charge is -2.37. The van der Waals surface area contributed by atoms with Crippen molar-refractivity contribution in [2.45, 2.75) is 13.8 Å². The first-order valence-corrected chi connectivity index (χ1v) is 7.42. The summed E-state index contributed by atoms with van der Waals surface area (Å²) >= 11 is 0. The van der Waals surface area contributed by atoms with Crippen LogP contribution in [-0.4, -0.2) is 31.2 Å². The Morgan fingerprint density at radius 1 is 1.00 bits per heavy atom. The normalized spacial score (nSPS) is 15.3. The highest BCUT2D eigenvalue weighted by Gasteiger charge is 2.18. The first kappa shape index (κ1) is 13.7. The fourth-order valence-electron chi connectivity index (χ4n) is 2.72. The van der Waals surface area contributed by atoms with Crippen LogP contribution >= 0.6 is 0 Å². The first-order chi connectivity index (χ1) is 10.1. The van der Waals surface area contributed by atoms with E-state index in [-0.39, 0.29) is 0 Å². The summed E-state index contributed by atoms with van der Waals surface area (Å²) in [5, 5.41) is 0. The van der Waals surface area contributed by atoms with Gasteiger partial charge in [-0.15, -0.1) is 0 Å². The van der Waals surface area contributed by atoms with E-state index < -0.39 is 0 Å². The third-order valence-electron chi connectivity index (χ3n) is 4.10. The fourth-order valence-corrected chi connectivity index (χ4v) is 2.72. The summed E-state index contributed by atoms with van der Waals surface area (Å²) in [6, 6.07) is 10.7. The van der Waals surface area contributed by atoms with Crippen LogP contribution in [0, 0.1) is 13.8 Å². The molecule has 1 aromatic carbocycles. The summed E-state index contributed by atoms with van der Waals surface area (Å²) < 4.78 is 0. The van der Waals surface area contributed by atoms with Gasteiger partial charge in [-0.1, -0.05) is 12.1 Å². The van der Waals surface area contributed by atoms with E-state index >= 15 is 0 Å². The molecule has 4 heteroatoms.